The van der Waals surface area contributed by atoms with E-state index in [9.17, 15) is 0 Å². The zero-order chi connectivity index (χ0) is 17.9. The Labute approximate surface area is 159 Å². The van der Waals surface area contributed by atoms with Gasteiger partial charge in [-0.05, 0) is 29.8 Å². The number of nitrogens with zero attached hydrogens (tertiary/aromatic N) is 4. The first-order chi connectivity index (χ1) is 12.7. The van der Waals surface area contributed by atoms with E-state index in [1.54, 1.807) is 10.9 Å². The minimum atomic E-state index is 0.527. The Balaban J connectivity index is 1.65. The van der Waals surface area contributed by atoms with E-state index in [1.807, 2.05) is 49.5 Å². The molecule has 0 aliphatic carbocycles. The molecule has 26 heavy (non-hydrogen) atoms. The van der Waals surface area contributed by atoms with E-state index < -0.39 is 0 Å². The largest absolute Gasteiger partial charge is 0.365 e. The molecule has 0 aliphatic heterocycles. The molecular formula is C19H17BrN6. The third-order valence-electron chi connectivity index (χ3n) is 4.00. The second-order valence-electron chi connectivity index (χ2n) is 5.87. The topological polar surface area (TPSA) is 67.7 Å². The first-order valence-electron chi connectivity index (χ1n) is 8.19. The molecule has 130 valence electrons. The summed E-state index contributed by atoms with van der Waals surface area (Å²) in [6.07, 6.45) is 1.78. The maximum Gasteiger partial charge on any atom is 0.231 e. The minimum absolute atomic E-state index is 0.527. The summed E-state index contributed by atoms with van der Waals surface area (Å²) in [5, 5.41) is 11.9. The van der Waals surface area contributed by atoms with Gasteiger partial charge in [-0.3, -0.25) is 4.68 Å². The second-order valence-corrected chi connectivity index (χ2v) is 6.79. The molecule has 2 N–H and O–H groups in total. The van der Waals surface area contributed by atoms with Gasteiger partial charge in [-0.1, -0.05) is 46.3 Å². The van der Waals surface area contributed by atoms with Crippen LogP contribution in [0.25, 0.3) is 11.0 Å². The number of fused-ring (bicyclic) bond motifs is 1. The molecule has 4 rings (SSSR count). The van der Waals surface area contributed by atoms with Crippen LogP contribution in [0.5, 0.6) is 0 Å². The highest BCUT2D eigenvalue weighted by molar-refractivity contribution is 9.10. The normalized spacial score (nSPS) is 10.8. The van der Waals surface area contributed by atoms with Gasteiger partial charge in [0.1, 0.15) is 5.82 Å². The molecule has 0 radical (unpaired) electrons. The van der Waals surface area contributed by atoms with Crippen molar-refractivity contribution in [3.05, 3.63) is 70.8 Å². The van der Waals surface area contributed by atoms with Crippen LogP contribution in [-0.4, -0.2) is 19.7 Å². The molecule has 0 unspecified atom stereocenters. The molecule has 0 bridgehead atoms. The molecule has 6 nitrogen and oxygen atoms in total. The molecule has 0 aliphatic rings. The molecule has 0 atom stereocenters. The summed E-state index contributed by atoms with van der Waals surface area (Å²) in [5.74, 6) is 1.28. The number of rotatable bonds is 5. The van der Waals surface area contributed by atoms with Crippen molar-refractivity contribution in [1.29, 1.82) is 0 Å². The van der Waals surface area contributed by atoms with Crippen LogP contribution in [0.3, 0.4) is 0 Å². The average molecular weight is 409 g/mol. The van der Waals surface area contributed by atoms with Crippen molar-refractivity contribution >= 4 is 44.4 Å². The van der Waals surface area contributed by atoms with E-state index in [0.717, 1.165) is 27.0 Å². The summed E-state index contributed by atoms with van der Waals surface area (Å²) < 4.78 is 2.77. The van der Waals surface area contributed by atoms with Gasteiger partial charge in [0.05, 0.1) is 11.6 Å². The van der Waals surface area contributed by atoms with Crippen molar-refractivity contribution in [3.8, 4) is 0 Å². The summed E-state index contributed by atoms with van der Waals surface area (Å²) in [5.41, 5.74) is 2.88. The fourth-order valence-electron chi connectivity index (χ4n) is 2.66. The molecule has 2 aromatic heterocycles. The predicted molar refractivity (Wildman–Crippen MR) is 107 cm³/mol. The van der Waals surface area contributed by atoms with Gasteiger partial charge < -0.3 is 10.6 Å². The highest BCUT2D eigenvalue weighted by atomic mass is 79.9. The fraction of sp³-hybridized carbons (Fsp3) is 0.105. The Morgan fingerprint density at radius 1 is 1.00 bits per heavy atom. The number of aryl methyl sites for hydroxylation is 1. The van der Waals surface area contributed by atoms with Crippen LogP contribution in [0.4, 0.5) is 17.5 Å². The van der Waals surface area contributed by atoms with E-state index in [2.05, 4.69) is 53.8 Å². The van der Waals surface area contributed by atoms with E-state index in [1.165, 1.54) is 5.56 Å². The van der Waals surface area contributed by atoms with Gasteiger partial charge in [-0.2, -0.15) is 15.1 Å². The lowest BCUT2D eigenvalue weighted by atomic mass is 10.2. The highest BCUT2D eigenvalue weighted by Crippen LogP contribution is 2.24. The van der Waals surface area contributed by atoms with Crippen molar-refractivity contribution < 1.29 is 0 Å². The lowest BCUT2D eigenvalue weighted by Crippen LogP contribution is -2.06. The Bertz CT molecular complexity index is 1030. The summed E-state index contributed by atoms with van der Waals surface area (Å²) in [7, 11) is 1.87. The number of hydrogen-bond donors (Lipinski definition) is 2. The minimum Gasteiger partial charge on any atom is -0.365 e. The molecule has 0 saturated heterocycles. The Kier molecular flexibility index (Phi) is 4.53. The smallest absolute Gasteiger partial charge is 0.231 e. The quantitative estimate of drug-likeness (QED) is 0.509. The van der Waals surface area contributed by atoms with Crippen molar-refractivity contribution in [1.82, 2.24) is 19.7 Å². The number of nitrogens with one attached hydrogen (secondary N) is 2. The number of halogens is 1. The Morgan fingerprint density at radius 3 is 2.54 bits per heavy atom. The molecule has 2 heterocycles. The summed E-state index contributed by atoms with van der Waals surface area (Å²) >= 11 is 3.44. The van der Waals surface area contributed by atoms with Crippen molar-refractivity contribution in [2.24, 2.45) is 7.05 Å². The molecule has 4 aromatic rings. The lowest BCUT2D eigenvalue weighted by molar-refractivity contribution is 0.786. The van der Waals surface area contributed by atoms with Crippen LogP contribution in [0, 0.1) is 0 Å². The van der Waals surface area contributed by atoms with Gasteiger partial charge >= 0.3 is 0 Å². The van der Waals surface area contributed by atoms with Gasteiger partial charge in [0, 0.05) is 23.8 Å². The standard InChI is InChI=1S/C19H17BrN6/c1-26-18-16(12-22-26)17(21-11-13-5-3-2-4-6-13)24-19(25-18)23-15-9-7-14(20)8-10-15/h2-10,12H,11H2,1H3,(H2,21,23,24,25). The van der Waals surface area contributed by atoms with E-state index in [0.29, 0.717) is 12.5 Å². The second kappa shape index (κ2) is 7.13. The van der Waals surface area contributed by atoms with E-state index >= 15 is 0 Å². The molecule has 0 amide bonds. The maximum absolute atomic E-state index is 4.65. The molecule has 0 saturated carbocycles. The van der Waals surface area contributed by atoms with Gasteiger partial charge in [0.2, 0.25) is 5.95 Å². The van der Waals surface area contributed by atoms with Crippen LogP contribution in [0.2, 0.25) is 0 Å². The van der Waals surface area contributed by atoms with Gasteiger partial charge in [0.25, 0.3) is 0 Å². The molecular weight excluding hydrogens is 392 g/mol. The van der Waals surface area contributed by atoms with Crippen LogP contribution < -0.4 is 10.6 Å². The van der Waals surface area contributed by atoms with Crippen LogP contribution in [0.1, 0.15) is 5.56 Å². The molecule has 0 spiro atoms. The Hall–Kier alpha value is -2.93. The summed E-state index contributed by atoms with van der Waals surface area (Å²) in [6.45, 7) is 0.680. The van der Waals surface area contributed by atoms with Crippen molar-refractivity contribution in [2.45, 2.75) is 6.54 Å². The fourth-order valence-corrected chi connectivity index (χ4v) is 2.92. The van der Waals surface area contributed by atoms with Gasteiger partial charge in [-0.15, -0.1) is 0 Å². The zero-order valence-electron chi connectivity index (χ0n) is 14.1. The molecule has 7 heteroatoms. The first-order valence-corrected chi connectivity index (χ1v) is 8.98. The predicted octanol–water partition coefficient (Wildman–Crippen LogP) is 4.48. The number of anilines is 3. The maximum atomic E-state index is 4.65. The number of hydrogen-bond acceptors (Lipinski definition) is 5. The zero-order valence-corrected chi connectivity index (χ0v) is 15.7. The highest BCUT2D eigenvalue weighted by Gasteiger charge is 2.12. The molecule has 0 fully saturated rings. The number of aromatic nitrogens is 4. The first kappa shape index (κ1) is 16.5. The SMILES string of the molecule is Cn1ncc2c(NCc3ccccc3)nc(Nc3ccc(Br)cc3)nc21. The Morgan fingerprint density at radius 2 is 1.77 bits per heavy atom. The summed E-state index contributed by atoms with van der Waals surface area (Å²) in [6, 6.07) is 18.1. The van der Waals surface area contributed by atoms with E-state index in [4.69, 9.17) is 0 Å². The lowest BCUT2D eigenvalue weighted by Gasteiger charge is -2.10. The summed E-state index contributed by atoms with van der Waals surface area (Å²) in [4.78, 5) is 9.24. The van der Waals surface area contributed by atoms with E-state index in [-0.39, 0.29) is 0 Å². The van der Waals surface area contributed by atoms with Crippen molar-refractivity contribution in [3.63, 3.8) is 0 Å². The molecule has 2 aromatic carbocycles. The van der Waals surface area contributed by atoms with Crippen LogP contribution >= 0.6 is 15.9 Å². The monoisotopic (exact) mass is 408 g/mol. The van der Waals surface area contributed by atoms with Crippen molar-refractivity contribution in [2.75, 3.05) is 10.6 Å². The van der Waals surface area contributed by atoms with Crippen LogP contribution in [-0.2, 0) is 13.6 Å². The average Bonchev–Trinajstić information content (AvgIpc) is 3.04. The third kappa shape index (κ3) is 3.52. The number of benzene rings is 2. The van der Waals surface area contributed by atoms with Gasteiger partial charge in [0.15, 0.2) is 5.65 Å². The van der Waals surface area contributed by atoms with Gasteiger partial charge in [-0.25, -0.2) is 0 Å². The third-order valence-corrected chi connectivity index (χ3v) is 4.52. The van der Waals surface area contributed by atoms with Crippen LogP contribution in [0.15, 0.2) is 65.3 Å².